The van der Waals surface area contributed by atoms with Crippen LogP contribution in [0.15, 0.2) is 24.7 Å². The highest BCUT2D eigenvalue weighted by atomic mass is 16.1. The van der Waals surface area contributed by atoms with Crippen LogP contribution < -0.4 is 10.6 Å². The summed E-state index contributed by atoms with van der Waals surface area (Å²) in [4.78, 5) is 27.2. The Hall–Kier alpha value is -2.44. The first kappa shape index (κ1) is 13.5. The van der Waals surface area contributed by atoms with E-state index >= 15 is 0 Å². The number of rotatable bonds is 3. The molecule has 1 aliphatic rings. The number of nitrogens with two attached hydrogens (primary N) is 1. The minimum atomic E-state index is -0.0788. The smallest absolute Gasteiger partial charge is 0.227 e. The van der Waals surface area contributed by atoms with E-state index in [0.29, 0.717) is 24.1 Å². The summed E-state index contributed by atoms with van der Waals surface area (Å²) in [6, 6.07) is 1.66. The van der Waals surface area contributed by atoms with Gasteiger partial charge in [0.15, 0.2) is 5.82 Å². The predicted molar refractivity (Wildman–Crippen MR) is 78.9 cm³/mol. The van der Waals surface area contributed by atoms with Crippen LogP contribution in [0.2, 0.25) is 0 Å². The second kappa shape index (κ2) is 5.51. The van der Waals surface area contributed by atoms with Crippen LogP contribution in [0.1, 0.15) is 23.5 Å². The SMILES string of the molecule is Cn1ccnc1C(=O)C1CCCN(c2nccc(N)n2)C1. The van der Waals surface area contributed by atoms with Crippen molar-refractivity contribution in [1.82, 2.24) is 19.5 Å². The molecule has 0 aliphatic carbocycles. The molecule has 110 valence electrons. The number of hydrogen-bond donors (Lipinski definition) is 1. The summed E-state index contributed by atoms with van der Waals surface area (Å²) in [6.45, 7) is 1.45. The highest BCUT2D eigenvalue weighted by Crippen LogP contribution is 2.23. The van der Waals surface area contributed by atoms with Crippen LogP contribution in [0.25, 0.3) is 0 Å². The number of imidazole rings is 1. The van der Waals surface area contributed by atoms with Crippen LogP contribution in [0.5, 0.6) is 0 Å². The molecule has 1 unspecified atom stereocenters. The molecule has 1 aliphatic heterocycles. The third kappa shape index (κ3) is 2.72. The molecule has 2 aromatic rings. The van der Waals surface area contributed by atoms with Crippen molar-refractivity contribution >= 4 is 17.5 Å². The fourth-order valence-electron chi connectivity index (χ4n) is 2.67. The largest absolute Gasteiger partial charge is 0.384 e. The number of hydrogen-bond acceptors (Lipinski definition) is 6. The maximum absolute atomic E-state index is 12.5. The molecule has 1 atom stereocenters. The first-order chi connectivity index (χ1) is 10.1. The van der Waals surface area contributed by atoms with E-state index in [4.69, 9.17) is 5.73 Å². The number of piperidine rings is 1. The van der Waals surface area contributed by atoms with E-state index in [1.54, 1.807) is 29.2 Å². The second-order valence-corrected chi connectivity index (χ2v) is 5.29. The van der Waals surface area contributed by atoms with Crippen molar-refractivity contribution in [3.05, 3.63) is 30.5 Å². The molecule has 1 fully saturated rings. The van der Waals surface area contributed by atoms with Gasteiger partial charge in [0.25, 0.3) is 0 Å². The Labute approximate surface area is 122 Å². The van der Waals surface area contributed by atoms with Gasteiger partial charge in [-0.25, -0.2) is 9.97 Å². The lowest BCUT2D eigenvalue weighted by Gasteiger charge is -2.31. The standard InChI is InChI=1S/C14H18N6O/c1-19-8-6-16-13(19)12(21)10-3-2-7-20(9-10)14-17-5-4-11(15)18-14/h4-6,8,10H,2-3,7,9H2,1H3,(H2,15,17,18). The minimum Gasteiger partial charge on any atom is -0.384 e. The van der Waals surface area contributed by atoms with Crippen LogP contribution in [-0.2, 0) is 7.05 Å². The molecule has 0 bridgehead atoms. The van der Waals surface area contributed by atoms with Gasteiger partial charge >= 0.3 is 0 Å². The lowest BCUT2D eigenvalue weighted by atomic mass is 9.93. The molecule has 3 rings (SSSR count). The Bertz CT molecular complexity index is 652. The summed E-state index contributed by atoms with van der Waals surface area (Å²) in [6.07, 6.45) is 6.87. The molecule has 1 saturated heterocycles. The van der Waals surface area contributed by atoms with Gasteiger partial charge in [0, 0.05) is 44.6 Å². The zero-order valence-corrected chi connectivity index (χ0v) is 11.9. The zero-order chi connectivity index (χ0) is 14.8. The van der Waals surface area contributed by atoms with Crippen molar-refractivity contribution in [2.45, 2.75) is 12.8 Å². The topological polar surface area (TPSA) is 89.9 Å². The molecule has 0 aromatic carbocycles. The van der Waals surface area contributed by atoms with Gasteiger partial charge < -0.3 is 15.2 Å². The Morgan fingerprint density at radius 1 is 1.38 bits per heavy atom. The molecular formula is C14H18N6O. The number of ketones is 1. The summed E-state index contributed by atoms with van der Waals surface area (Å²) in [5, 5.41) is 0. The van der Waals surface area contributed by atoms with Crippen LogP contribution in [-0.4, -0.2) is 38.4 Å². The summed E-state index contributed by atoms with van der Waals surface area (Å²) in [5.74, 6) is 1.54. The first-order valence-electron chi connectivity index (χ1n) is 7.00. The molecule has 2 aromatic heterocycles. The highest BCUT2D eigenvalue weighted by molar-refractivity contribution is 5.95. The van der Waals surface area contributed by atoms with Gasteiger partial charge in [-0.3, -0.25) is 4.79 Å². The van der Waals surface area contributed by atoms with Gasteiger partial charge in [0.05, 0.1) is 0 Å². The number of Topliss-reactive ketones (excluding diaryl/α,β-unsaturated/α-hetero) is 1. The number of nitrogen functional groups attached to an aromatic ring is 1. The first-order valence-corrected chi connectivity index (χ1v) is 7.00. The molecule has 0 radical (unpaired) electrons. The van der Waals surface area contributed by atoms with E-state index in [1.165, 1.54) is 0 Å². The van der Waals surface area contributed by atoms with Gasteiger partial charge in [-0.1, -0.05) is 0 Å². The van der Waals surface area contributed by atoms with Gasteiger partial charge in [-0.2, -0.15) is 4.98 Å². The fraction of sp³-hybridized carbons (Fsp3) is 0.429. The van der Waals surface area contributed by atoms with E-state index in [0.717, 1.165) is 19.4 Å². The van der Waals surface area contributed by atoms with Crippen molar-refractivity contribution < 1.29 is 4.79 Å². The number of carbonyl (C=O) groups is 1. The van der Waals surface area contributed by atoms with Crippen molar-refractivity contribution in [2.75, 3.05) is 23.7 Å². The molecule has 0 amide bonds. The molecule has 7 heteroatoms. The summed E-state index contributed by atoms with van der Waals surface area (Å²) >= 11 is 0. The normalized spacial score (nSPS) is 18.7. The molecule has 2 N–H and O–H groups in total. The molecule has 21 heavy (non-hydrogen) atoms. The van der Waals surface area contributed by atoms with Gasteiger partial charge in [0.1, 0.15) is 5.82 Å². The average Bonchev–Trinajstić information content (AvgIpc) is 2.93. The summed E-state index contributed by atoms with van der Waals surface area (Å²) in [7, 11) is 1.84. The third-order valence-electron chi connectivity index (χ3n) is 3.78. The van der Waals surface area contributed by atoms with Gasteiger partial charge in [-0.05, 0) is 18.9 Å². The van der Waals surface area contributed by atoms with E-state index in [2.05, 4.69) is 15.0 Å². The zero-order valence-electron chi connectivity index (χ0n) is 11.9. The van der Waals surface area contributed by atoms with Crippen LogP contribution in [0.3, 0.4) is 0 Å². The lowest BCUT2D eigenvalue weighted by Crippen LogP contribution is -2.40. The highest BCUT2D eigenvalue weighted by Gasteiger charge is 2.29. The number of carbonyl (C=O) groups excluding carboxylic acids is 1. The molecule has 7 nitrogen and oxygen atoms in total. The Morgan fingerprint density at radius 2 is 2.24 bits per heavy atom. The maximum atomic E-state index is 12.5. The van der Waals surface area contributed by atoms with Crippen molar-refractivity contribution in [3.8, 4) is 0 Å². The number of aromatic nitrogens is 4. The minimum absolute atomic E-state index is 0.0788. The van der Waals surface area contributed by atoms with E-state index < -0.39 is 0 Å². The third-order valence-corrected chi connectivity index (χ3v) is 3.78. The predicted octanol–water partition coefficient (Wildman–Crippen LogP) is 0.892. The van der Waals surface area contributed by atoms with Crippen molar-refractivity contribution in [1.29, 1.82) is 0 Å². The Balaban J connectivity index is 1.77. The van der Waals surface area contributed by atoms with Crippen LogP contribution in [0.4, 0.5) is 11.8 Å². The number of anilines is 2. The molecule has 3 heterocycles. The number of nitrogens with zero attached hydrogens (tertiary/aromatic N) is 5. The maximum Gasteiger partial charge on any atom is 0.227 e. The van der Waals surface area contributed by atoms with E-state index in [9.17, 15) is 4.79 Å². The fourth-order valence-corrected chi connectivity index (χ4v) is 2.67. The van der Waals surface area contributed by atoms with Crippen molar-refractivity contribution in [3.63, 3.8) is 0 Å². The molecule has 0 spiro atoms. The van der Waals surface area contributed by atoms with E-state index in [-0.39, 0.29) is 11.7 Å². The lowest BCUT2D eigenvalue weighted by molar-refractivity contribution is 0.0893. The number of aryl methyl sites for hydroxylation is 1. The summed E-state index contributed by atoms with van der Waals surface area (Å²) < 4.78 is 1.76. The van der Waals surface area contributed by atoms with Gasteiger partial charge in [0.2, 0.25) is 11.7 Å². The van der Waals surface area contributed by atoms with E-state index in [1.807, 2.05) is 11.9 Å². The second-order valence-electron chi connectivity index (χ2n) is 5.29. The quantitative estimate of drug-likeness (QED) is 0.843. The van der Waals surface area contributed by atoms with Crippen LogP contribution in [0, 0.1) is 5.92 Å². The van der Waals surface area contributed by atoms with Crippen molar-refractivity contribution in [2.24, 2.45) is 13.0 Å². The van der Waals surface area contributed by atoms with Gasteiger partial charge in [-0.15, -0.1) is 0 Å². The average molecular weight is 286 g/mol. The van der Waals surface area contributed by atoms with Crippen LogP contribution >= 0.6 is 0 Å². The molecule has 0 saturated carbocycles. The Morgan fingerprint density at radius 3 is 2.95 bits per heavy atom. The summed E-state index contributed by atoms with van der Waals surface area (Å²) in [5.41, 5.74) is 5.70. The Kier molecular flexibility index (Phi) is 3.55. The molecular weight excluding hydrogens is 268 g/mol. The monoisotopic (exact) mass is 286 g/mol.